The van der Waals surface area contributed by atoms with Gasteiger partial charge in [0.1, 0.15) is 11.3 Å². The van der Waals surface area contributed by atoms with Crippen LogP contribution in [0.25, 0.3) is 11.0 Å². The largest absolute Gasteiger partial charge is 0.480 e. The molecule has 0 radical (unpaired) electrons. The predicted molar refractivity (Wildman–Crippen MR) is 102 cm³/mol. The number of para-hydroxylation sites is 1. The number of amides is 1. The monoisotopic (exact) mass is 370 g/mol. The zero-order valence-corrected chi connectivity index (χ0v) is 15.6. The zero-order valence-electron chi connectivity index (χ0n) is 15.6. The molecule has 144 valence electrons. The number of hydrogen-bond acceptors (Lipinski definition) is 4. The van der Waals surface area contributed by atoms with Crippen LogP contribution < -0.4 is 5.32 Å². The Morgan fingerprint density at radius 3 is 2.70 bits per heavy atom. The summed E-state index contributed by atoms with van der Waals surface area (Å²) in [6.07, 6.45) is 4.05. The molecule has 0 saturated heterocycles. The Hall–Kier alpha value is -2.34. The maximum absolute atomic E-state index is 12.6. The van der Waals surface area contributed by atoms with E-state index in [-0.39, 0.29) is 30.5 Å². The maximum atomic E-state index is 12.6. The van der Waals surface area contributed by atoms with Gasteiger partial charge in [0.2, 0.25) is 5.91 Å². The lowest BCUT2D eigenvalue weighted by atomic mass is 9.84. The standard InChI is InChI=1S/C21H26N2O4/c1-13(19-8-15-4-2-3-5-18(15)27-19)21(26)22-16-9-17(10-16)23(12-20(24)25)11-14-6-7-14/h2-5,8,13-14,16-17H,6-7,9-12H2,1H3,(H,22,26)(H,24,25). The normalized spacial score (nSPS) is 23.2. The zero-order chi connectivity index (χ0) is 19.0. The van der Waals surface area contributed by atoms with Gasteiger partial charge in [0.05, 0.1) is 12.5 Å². The minimum absolute atomic E-state index is 0.0375. The van der Waals surface area contributed by atoms with Crippen molar-refractivity contribution in [1.29, 1.82) is 0 Å². The number of carboxylic acids is 1. The third-order valence-corrected chi connectivity index (χ3v) is 5.77. The second-order valence-electron chi connectivity index (χ2n) is 8.01. The topological polar surface area (TPSA) is 82.8 Å². The molecule has 0 spiro atoms. The van der Waals surface area contributed by atoms with E-state index in [0.29, 0.717) is 11.7 Å². The Labute approximate surface area is 158 Å². The third-order valence-electron chi connectivity index (χ3n) is 5.77. The lowest BCUT2D eigenvalue weighted by Crippen LogP contribution is -2.55. The minimum atomic E-state index is -0.776. The highest BCUT2D eigenvalue weighted by Crippen LogP contribution is 2.34. The van der Waals surface area contributed by atoms with Crippen LogP contribution in [-0.4, -0.2) is 47.1 Å². The lowest BCUT2D eigenvalue weighted by molar-refractivity contribution is -0.140. The van der Waals surface area contributed by atoms with Crippen molar-refractivity contribution in [3.8, 4) is 0 Å². The van der Waals surface area contributed by atoms with E-state index in [1.807, 2.05) is 37.3 Å². The van der Waals surface area contributed by atoms with Gasteiger partial charge in [-0.15, -0.1) is 0 Å². The molecule has 2 aromatic rings. The molecule has 1 amide bonds. The van der Waals surface area contributed by atoms with Gasteiger partial charge in [0.15, 0.2) is 0 Å². The number of carbonyl (C=O) groups excluding carboxylic acids is 1. The number of rotatable bonds is 8. The van der Waals surface area contributed by atoms with Crippen LogP contribution >= 0.6 is 0 Å². The highest BCUT2D eigenvalue weighted by molar-refractivity contribution is 5.85. The summed E-state index contributed by atoms with van der Waals surface area (Å²) in [7, 11) is 0. The Balaban J connectivity index is 1.30. The first-order chi connectivity index (χ1) is 13.0. The number of aliphatic carboxylic acids is 1. The number of carboxylic acid groups (broad SMARTS) is 1. The number of fused-ring (bicyclic) bond motifs is 1. The summed E-state index contributed by atoms with van der Waals surface area (Å²) in [6, 6.07) is 10.0. The second kappa shape index (κ2) is 7.35. The third kappa shape index (κ3) is 4.16. The molecule has 1 unspecified atom stereocenters. The van der Waals surface area contributed by atoms with E-state index in [1.165, 1.54) is 12.8 Å². The quantitative estimate of drug-likeness (QED) is 0.746. The number of carbonyl (C=O) groups is 2. The number of benzene rings is 1. The van der Waals surface area contributed by atoms with E-state index < -0.39 is 5.97 Å². The highest BCUT2D eigenvalue weighted by atomic mass is 16.4. The molecule has 1 heterocycles. The Morgan fingerprint density at radius 2 is 2.04 bits per heavy atom. The summed E-state index contributed by atoms with van der Waals surface area (Å²) >= 11 is 0. The van der Waals surface area contributed by atoms with Crippen LogP contribution in [0.5, 0.6) is 0 Å². The molecule has 6 nitrogen and oxygen atoms in total. The fourth-order valence-electron chi connectivity index (χ4n) is 3.82. The molecule has 2 N–H and O–H groups in total. The average Bonchev–Trinajstić information content (AvgIpc) is 3.30. The lowest BCUT2D eigenvalue weighted by Gasteiger charge is -2.43. The molecule has 0 aliphatic heterocycles. The Morgan fingerprint density at radius 1 is 1.30 bits per heavy atom. The number of nitrogens with one attached hydrogen (secondary N) is 1. The molecule has 4 rings (SSSR count). The van der Waals surface area contributed by atoms with Crippen molar-refractivity contribution in [2.24, 2.45) is 5.92 Å². The van der Waals surface area contributed by atoms with Gasteiger partial charge in [0.25, 0.3) is 0 Å². The van der Waals surface area contributed by atoms with Crippen LogP contribution in [0.4, 0.5) is 0 Å². The first kappa shape index (κ1) is 18.0. The number of furan rings is 1. The van der Waals surface area contributed by atoms with E-state index in [1.54, 1.807) is 0 Å². The molecular weight excluding hydrogens is 344 g/mol. The fraction of sp³-hybridized carbons (Fsp3) is 0.524. The van der Waals surface area contributed by atoms with Crippen molar-refractivity contribution < 1.29 is 19.1 Å². The summed E-state index contributed by atoms with van der Waals surface area (Å²) in [6.45, 7) is 2.82. The van der Waals surface area contributed by atoms with Gasteiger partial charge in [-0.25, -0.2) is 0 Å². The van der Waals surface area contributed by atoms with E-state index >= 15 is 0 Å². The van der Waals surface area contributed by atoms with Crippen molar-refractivity contribution in [3.63, 3.8) is 0 Å². The molecule has 2 saturated carbocycles. The average molecular weight is 370 g/mol. The van der Waals surface area contributed by atoms with Gasteiger partial charge in [-0.3, -0.25) is 14.5 Å². The van der Waals surface area contributed by atoms with E-state index in [2.05, 4.69) is 10.2 Å². The van der Waals surface area contributed by atoms with Crippen LogP contribution in [0.1, 0.15) is 44.3 Å². The van der Waals surface area contributed by atoms with Crippen molar-refractivity contribution in [3.05, 3.63) is 36.1 Å². The Kier molecular flexibility index (Phi) is 4.91. The van der Waals surface area contributed by atoms with Gasteiger partial charge < -0.3 is 14.8 Å². The summed E-state index contributed by atoms with van der Waals surface area (Å²) in [5.74, 6) is 0.168. The summed E-state index contributed by atoms with van der Waals surface area (Å²) in [5.41, 5.74) is 0.792. The summed E-state index contributed by atoms with van der Waals surface area (Å²) < 4.78 is 5.80. The van der Waals surface area contributed by atoms with Crippen LogP contribution in [-0.2, 0) is 9.59 Å². The van der Waals surface area contributed by atoms with Crippen molar-refractivity contribution in [2.75, 3.05) is 13.1 Å². The minimum Gasteiger partial charge on any atom is -0.480 e. The van der Waals surface area contributed by atoms with Gasteiger partial charge in [0, 0.05) is 24.0 Å². The van der Waals surface area contributed by atoms with Crippen LogP contribution in [0.2, 0.25) is 0 Å². The highest BCUT2D eigenvalue weighted by Gasteiger charge is 2.38. The first-order valence-electron chi connectivity index (χ1n) is 9.74. The smallest absolute Gasteiger partial charge is 0.317 e. The van der Waals surface area contributed by atoms with E-state index in [0.717, 1.165) is 30.4 Å². The van der Waals surface area contributed by atoms with Gasteiger partial charge in [-0.2, -0.15) is 0 Å². The molecule has 1 aromatic carbocycles. The predicted octanol–water partition coefficient (Wildman–Crippen LogP) is 2.98. The van der Waals surface area contributed by atoms with Crippen molar-refractivity contribution in [2.45, 2.75) is 50.6 Å². The molecule has 1 aromatic heterocycles. The van der Waals surface area contributed by atoms with Gasteiger partial charge >= 0.3 is 5.97 Å². The Bertz CT molecular complexity index is 803. The molecule has 0 bridgehead atoms. The first-order valence-corrected chi connectivity index (χ1v) is 9.74. The SMILES string of the molecule is CC(C(=O)NC1CC(N(CC(=O)O)CC2CC2)C1)c1cc2ccccc2o1. The van der Waals surface area contributed by atoms with E-state index in [4.69, 9.17) is 9.52 Å². The molecule has 2 fully saturated rings. The second-order valence-corrected chi connectivity index (χ2v) is 8.01. The molecule has 2 aliphatic carbocycles. The van der Waals surface area contributed by atoms with Gasteiger partial charge in [-0.05, 0) is 50.7 Å². The summed E-state index contributed by atoms with van der Waals surface area (Å²) in [4.78, 5) is 25.8. The molecule has 2 aliphatic rings. The molecule has 1 atom stereocenters. The summed E-state index contributed by atoms with van der Waals surface area (Å²) in [5, 5.41) is 13.2. The van der Waals surface area contributed by atoms with Crippen molar-refractivity contribution in [1.82, 2.24) is 10.2 Å². The van der Waals surface area contributed by atoms with E-state index in [9.17, 15) is 9.59 Å². The van der Waals surface area contributed by atoms with Crippen LogP contribution in [0.3, 0.4) is 0 Å². The van der Waals surface area contributed by atoms with Crippen molar-refractivity contribution >= 4 is 22.8 Å². The fourth-order valence-corrected chi connectivity index (χ4v) is 3.82. The molecule has 6 heteroatoms. The molecular formula is C21H26N2O4. The van der Waals surface area contributed by atoms with Crippen LogP contribution in [0.15, 0.2) is 34.7 Å². The van der Waals surface area contributed by atoms with Gasteiger partial charge in [-0.1, -0.05) is 18.2 Å². The number of nitrogens with zero attached hydrogens (tertiary/aromatic N) is 1. The number of hydrogen-bond donors (Lipinski definition) is 2. The maximum Gasteiger partial charge on any atom is 0.317 e. The molecule has 27 heavy (non-hydrogen) atoms. The van der Waals surface area contributed by atoms with Crippen LogP contribution in [0, 0.1) is 5.92 Å².